The largest absolute Gasteiger partial charge is 0.504 e. The van der Waals surface area contributed by atoms with Gasteiger partial charge in [-0.25, -0.2) is 0 Å². The minimum Gasteiger partial charge on any atom is -0.504 e. The molecule has 0 aliphatic rings. The van der Waals surface area contributed by atoms with E-state index in [-0.39, 0.29) is 29.0 Å². The molecule has 0 saturated heterocycles. The highest BCUT2D eigenvalue weighted by Crippen LogP contribution is 2.24. The Bertz CT molecular complexity index is 461. The molecule has 0 heterocycles. The zero-order chi connectivity index (χ0) is 13.7. The van der Waals surface area contributed by atoms with E-state index in [0.29, 0.717) is 12.2 Å². The van der Waals surface area contributed by atoms with Crippen LogP contribution >= 0.6 is 0 Å². The van der Waals surface area contributed by atoms with Crippen molar-refractivity contribution in [1.82, 2.24) is 5.32 Å². The van der Waals surface area contributed by atoms with Gasteiger partial charge in [0, 0.05) is 34.4 Å². The number of carbonyl (C=O) groups is 1. The van der Waals surface area contributed by atoms with E-state index in [2.05, 4.69) is 5.32 Å². The molecule has 0 radical (unpaired) electrons. The highest BCUT2D eigenvalue weighted by atomic mass is 32.2. The molecular formula is C12H17NO4S. The first-order chi connectivity index (χ1) is 8.40. The fourth-order valence-electron chi connectivity index (χ4n) is 1.39. The maximum atomic E-state index is 11.8. The number of phenolic OH excluding ortho intramolecular Hbond substituents is 2. The molecule has 0 aliphatic heterocycles. The monoisotopic (exact) mass is 271 g/mol. The van der Waals surface area contributed by atoms with Crippen molar-refractivity contribution >= 4 is 16.7 Å². The summed E-state index contributed by atoms with van der Waals surface area (Å²) >= 11 is 0. The molecule has 1 amide bonds. The van der Waals surface area contributed by atoms with Crippen molar-refractivity contribution in [3.63, 3.8) is 0 Å². The molecule has 0 spiro atoms. The van der Waals surface area contributed by atoms with E-state index < -0.39 is 10.8 Å². The van der Waals surface area contributed by atoms with Crippen molar-refractivity contribution in [3.8, 4) is 11.5 Å². The zero-order valence-corrected chi connectivity index (χ0v) is 11.2. The fraction of sp³-hybridized carbons (Fsp3) is 0.417. The molecule has 1 aromatic carbocycles. The zero-order valence-electron chi connectivity index (χ0n) is 10.3. The van der Waals surface area contributed by atoms with Crippen LogP contribution in [0.2, 0.25) is 0 Å². The van der Waals surface area contributed by atoms with Gasteiger partial charge in [-0.3, -0.25) is 9.00 Å². The van der Waals surface area contributed by atoms with Crippen LogP contribution in [0.15, 0.2) is 18.2 Å². The van der Waals surface area contributed by atoms with E-state index in [1.165, 1.54) is 18.2 Å². The summed E-state index contributed by atoms with van der Waals surface area (Å²) in [4.78, 5) is 11.8. The number of rotatable bonds is 5. The second-order valence-corrected chi connectivity index (χ2v) is 5.70. The molecule has 2 atom stereocenters. The lowest BCUT2D eigenvalue weighted by Crippen LogP contribution is -2.33. The van der Waals surface area contributed by atoms with E-state index in [1.54, 1.807) is 6.26 Å². The third kappa shape index (κ3) is 4.37. The van der Waals surface area contributed by atoms with Crippen molar-refractivity contribution in [3.05, 3.63) is 23.8 Å². The SMILES string of the molecule is CC(CCS(C)=O)NC(=O)c1ccc(O)c(O)c1. The molecule has 0 aliphatic carbocycles. The summed E-state index contributed by atoms with van der Waals surface area (Å²) < 4.78 is 10.9. The standard InChI is InChI=1S/C12H17NO4S/c1-8(5-6-18(2)17)13-12(16)9-3-4-10(14)11(15)7-9/h3-4,7-8,14-15H,5-6H2,1-2H3,(H,13,16). The van der Waals surface area contributed by atoms with E-state index in [4.69, 9.17) is 5.11 Å². The molecule has 0 aromatic heterocycles. The Balaban J connectivity index is 2.59. The summed E-state index contributed by atoms with van der Waals surface area (Å²) in [6.07, 6.45) is 2.24. The van der Waals surface area contributed by atoms with Crippen LogP contribution in [0, 0.1) is 0 Å². The van der Waals surface area contributed by atoms with Crippen LogP contribution in [-0.4, -0.2) is 38.4 Å². The Morgan fingerprint density at radius 3 is 2.61 bits per heavy atom. The third-order valence-electron chi connectivity index (χ3n) is 2.45. The third-order valence-corrected chi connectivity index (χ3v) is 3.26. The van der Waals surface area contributed by atoms with Gasteiger partial charge in [0.2, 0.25) is 0 Å². The van der Waals surface area contributed by atoms with Crippen LogP contribution in [0.25, 0.3) is 0 Å². The lowest BCUT2D eigenvalue weighted by molar-refractivity contribution is 0.0939. The normalized spacial score (nSPS) is 13.9. The molecule has 0 bridgehead atoms. The number of aromatic hydroxyl groups is 2. The van der Waals surface area contributed by atoms with Gasteiger partial charge in [0.05, 0.1) is 0 Å². The molecule has 0 fully saturated rings. The van der Waals surface area contributed by atoms with Crippen LogP contribution in [-0.2, 0) is 10.8 Å². The van der Waals surface area contributed by atoms with Gasteiger partial charge in [0.15, 0.2) is 11.5 Å². The number of phenols is 2. The van der Waals surface area contributed by atoms with Gasteiger partial charge in [-0.1, -0.05) is 0 Å². The minimum absolute atomic E-state index is 0.0997. The highest BCUT2D eigenvalue weighted by Gasteiger charge is 2.12. The fourth-order valence-corrected chi connectivity index (χ4v) is 2.07. The molecule has 0 saturated carbocycles. The summed E-state index contributed by atoms with van der Waals surface area (Å²) in [6.45, 7) is 1.82. The Hall–Kier alpha value is -1.56. The number of benzene rings is 1. The summed E-state index contributed by atoms with van der Waals surface area (Å²) in [7, 11) is -0.877. The quantitative estimate of drug-likeness (QED) is 0.697. The van der Waals surface area contributed by atoms with Crippen LogP contribution in [0.3, 0.4) is 0 Å². The summed E-state index contributed by atoms with van der Waals surface area (Å²) in [6, 6.07) is 3.79. The number of hydrogen-bond donors (Lipinski definition) is 3. The molecule has 18 heavy (non-hydrogen) atoms. The summed E-state index contributed by atoms with van der Waals surface area (Å²) in [5, 5.41) is 21.2. The van der Waals surface area contributed by atoms with Crippen molar-refractivity contribution in [2.75, 3.05) is 12.0 Å². The second-order valence-electron chi connectivity index (χ2n) is 4.14. The predicted octanol–water partition coefficient (Wildman–Crippen LogP) is 0.985. The van der Waals surface area contributed by atoms with Crippen LogP contribution in [0.5, 0.6) is 11.5 Å². The molecule has 6 heteroatoms. The maximum Gasteiger partial charge on any atom is 0.251 e. The van der Waals surface area contributed by atoms with E-state index in [0.717, 1.165) is 0 Å². The Morgan fingerprint density at radius 2 is 2.06 bits per heavy atom. The molecule has 3 N–H and O–H groups in total. The topological polar surface area (TPSA) is 86.6 Å². The average molecular weight is 271 g/mol. The first-order valence-corrected chi connectivity index (χ1v) is 7.25. The first-order valence-electron chi connectivity index (χ1n) is 5.53. The lowest BCUT2D eigenvalue weighted by Gasteiger charge is -2.13. The molecule has 1 aromatic rings. The molecule has 100 valence electrons. The maximum absolute atomic E-state index is 11.8. The first kappa shape index (κ1) is 14.5. The van der Waals surface area contributed by atoms with Gasteiger partial charge in [0.25, 0.3) is 5.91 Å². The minimum atomic E-state index is -0.877. The molecule has 2 unspecified atom stereocenters. The van der Waals surface area contributed by atoms with Gasteiger partial charge in [-0.2, -0.15) is 0 Å². The van der Waals surface area contributed by atoms with Crippen molar-refractivity contribution in [1.29, 1.82) is 0 Å². The number of hydrogen-bond acceptors (Lipinski definition) is 4. The summed E-state index contributed by atoms with van der Waals surface area (Å²) in [5.74, 6) is -0.395. The highest BCUT2D eigenvalue weighted by molar-refractivity contribution is 7.84. The molecular weight excluding hydrogens is 254 g/mol. The Kier molecular flexibility index (Phi) is 5.15. The van der Waals surface area contributed by atoms with Gasteiger partial charge in [-0.05, 0) is 31.5 Å². The Labute approximate surface area is 108 Å². The van der Waals surface area contributed by atoms with Gasteiger partial charge in [-0.15, -0.1) is 0 Å². The average Bonchev–Trinajstić information content (AvgIpc) is 2.30. The van der Waals surface area contributed by atoms with Crippen molar-refractivity contribution in [2.24, 2.45) is 0 Å². The smallest absolute Gasteiger partial charge is 0.251 e. The van der Waals surface area contributed by atoms with Crippen molar-refractivity contribution < 1.29 is 19.2 Å². The lowest BCUT2D eigenvalue weighted by atomic mass is 10.1. The van der Waals surface area contributed by atoms with E-state index in [1.807, 2.05) is 6.92 Å². The molecule has 1 rings (SSSR count). The van der Waals surface area contributed by atoms with Gasteiger partial charge < -0.3 is 15.5 Å². The van der Waals surface area contributed by atoms with Crippen LogP contribution in [0.1, 0.15) is 23.7 Å². The predicted molar refractivity (Wildman–Crippen MR) is 70.3 cm³/mol. The van der Waals surface area contributed by atoms with Gasteiger partial charge in [0.1, 0.15) is 0 Å². The van der Waals surface area contributed by atoms with Crippen molar-refractivity contribution in [2.45, 2.75) is 19.4 Å². The van der Waals surface area contributed by atoms with E-state index >= 15 is 0 Å². The number of amides is 1. The second kappa shape index (κ2) is 6.39. The van der Waals surface area contributed by atoms with Crippen LogP contribution < -0.4 is 5.32 Å². The number of nitrogens with one attached hydrogen (secondary N) is 1. The summed E-state index contributed by atoms with van der Waals surface area (Å²) in [5.41, 5.74) is 0.273. The molecule has 5 nitrogen and oxygen atoms in total. The Morgan fingerprint density at radius 1 is 1.39 bits per heavy atom. The van der Waals surface area contributed by atoms with Crippen LogP contribution in [0.4, 0.5) is 0 Å². The van der Waals surface area contributed by atoms with Gasteiger partial charge >= 0.3 is 0 Å². The number of carbonyl (C=O) groups excluding carboxylic acids is 1. The van der Waals surface area contributed by atoms with E-state index in [9.17, 15) is 14.1 Å².